The van der Waals surface area contributed by atoms with Gasteiger partial charge in [0.1, 0.15) is 0 Å². The number of fused-ring (bicyclic) bond motifs is 1. The van der Waals surface area contributed by atoms with Crippen LogP contribution in [0.5, 0.6) is 5.75 Å². The molecule has 4 heteroatoms. The molecule has 0 saturated carbocycles. The summed E-state index contributed by atoms with van der Waals surface area (Å²) in [4.78, 5) is 3.33. The zero-order valence-corrected chi connectivity index (χ0v) is 12.4. The van der Waals surface area contributed by atoms with Gasteiger partial charge in [-0.3, -0.25) is 5.11 Å². The first-order valence-corrected chi connectivity index (χ1v) is 8.77. The normalized spacial score (nSPS) is 11.0. The van der Waals surface area contributed by atoms with Crippen LogP contribution >= 0.6 is 35.3 Å². The van der Waals surface area contributed by atoms with Crippen molar-refractivity contribution in [3.05, 3.63) is 24.3 Å². The van der Waals surface area contributed by atoms with Gasteiger partial charge in [0, 0.05) is 9.79 Å². The average Bonchev–Trinajstić information content (AvgIpc) is 2.36. The Kier molecular flexibility index (Phi) is 4.17. The van der Waals surface area contributed by atoms with E-state index in [1.165, 1.54) is 21.6 Å². The van der Waals surface area contributed by atoms with Crippen molar-refractivity contribution in [1.29, 1.82) is 0 Å². The van der Waals surface area contributed by atoms with Crippen LogP contribution in [0.1, 0.15) is 0 Å². The molecular formula is C13H13OS3. The third-order valence-corrected chi connectivity index (χ3v) is 5.07. The molecule has 0 aliphatic heterocycles. The van der Waals surface area contributed by atoms with E-state index in [0.29, 0.717) is 0 Å². The molecule has 2 rings (SSSR count). The Bertz CT molecular complexity index is 552. The first-order valence-electron chi connectivity index (χ1n) is 5.10. The Morgan fingerprint density at radius 1 is 0.706 bits per heavy atom. The number of rotatable bonds is 3. The minimum absolute atomic E-state index is 0.119. The SMILES string of the molecule is CSc1cc2cc(SC)c(SC)cc2cc1[O]. The zero-order valence-electron chi connectivity index (χ0n) is 9.94. The Balaban J connectivity index is 2.70. The molecule has 0 heterocycles. The molecule has 0 aliphatic rings. The molecule has 0 unspecified atom stereocenters. The predicted octanol–water partition coefficient (Wildman–Crippen LogP) is 5.15. The van der Waals surface area contributed by atoms with Crippen LogP contribution in [0.2, 0.25) is 0 Å². The molecule has 0 N–H and O–H groups in total. The van der Waals surface area contributed by atoms with E-state index in [1.807, 2.05) is 12.3 Å². The van der Waals surface area contributed by atoms with Crippen molar-refractivity contribution in [2.24, 2.45) is 0 Å². The van der Waals surface area contributed by atoms with Crippen molar-refractivity contribution in [1.82, 2.24) is 0 Å². The summed E-state index contributed by atoms with van der Waals surface area (Å²) in [6.45, 7) is 0. The van der Waals surface area contributed by atoms with E-state index in [-0.39, 0.29) is 5.75 Å². The smallest absolute Gasteiger partial charge is 0.192 e. The van der Waals surface area contributed by atoms with Crippen LogP contribution in [0, 0.1) is 0 Å². The second kappa shape index (κ2) is 5.46. The Hall–Kier alpha value is -0.450. The van der Waals surface area contributed by atoms with Crippen LogP contribution in [0.15, 0.2) is 39.0 Å². The van der Waals surface area contributed by atoms with Gasteiger partial charge >= 0.3 is 0 Å². The monoisotopic (exact) mass is 281 g/mol. The summed E-state index contributed by atoms with van der Waals surface area (Å²) in [6.07, 6.45) is 6.09. The highest BCUT2D eigenvalue weighted by atomic mass is 32.2. The third-order valence-electron chi connectivity index (χ3n) is 2.63. The van der Waals surface area contributed by atoms with Gasteiger partial charge in [0.25, 0.3) is 0 Å². The van der Waals surface area contributed by atoms with Crippen LogP contribution < -0.4 is 0 Å². The van der Waals surface area contributed by atoms with E-state index >= 15 is 0 Å². The van der Waals surface area contributed by atoms with Crippen molar-refractivity contribution < 1.29 is 5.11 Å². The molecule has 2 aromatic carbocycles. The Morgan fingerprint density at radius 2 is 1.12 bits per heavy atom. The maximum absolute atomic E-state index is 11.8. The highest BCUT2D eigenvalue weighted by molar-refractivity contribution is 8.01. The molecule has 1 nitrogen and oxygen atoms in total. The lowest BCUT2D eigenvalue weighted by Gasteiger charge is -2.08. The molecule has 0 saturated heterocycles. The van der Waals surface area contributed by atoms with Gasteiger partial charge in [-0.25, -0.2) is 0 Å². The highest BCUT2D eigenvalue weighted by Gasteiger charge is 2.08. The van der Waals surface area contributed by atoms with E-state index < -0.39 is 0 Å². The van der Waals surface area contributed by atoms with E-state index in [9.17, 15) is 5.11 Å². The lowest BCUT2D eigenvalue weighted by molar-refractivity contribution is 0.345. The van der Waals surface area contributed by atoms with Crippen LogP contribution in [0.3, 0.4) is 0 Å². The predicted molar refractivity (Wildman–Crippen MR) is 79.4 cm³/mol. The fourth-order valence-corrected chi connectivity index (χ4v) is 3.76. The lowest BCUT2D eigenvalue weighted by Crippen LogP contribution is -1.82. The molecule has 0 fully saturated rings. The van der Waals surface area contributed by atoms with Gasteiger partial charge in [-0.2, -0.15) is 0 Å². The van der Waals surface area contributed by atoms with Crippen molar-refractivity contribution >= 4 is 46.1 Å². The molecule has 17 heavy (non-hydrogen) atoms. The Morgan fingerprint density at radius 3 is 1.59 bits per heavy atom. The molecule has 0 bridgehead atoms. The topological polar surface area (TPSA) is 19.9 Å². The van der Waals surface area contributed by atoms with Crippen molar-refractivity contribution in [2.75, 3.05) is 18.8 Å². The summed E-state index contributed by atoms with van der Waals surface area (Å²) in [5.74, 6) is 0.119. The summed E-state index contributed by atoms with van der Waals surface area (Å²) in [7, 11) is 0. The lowest BCUT2D eigenvalue weighted by atomic mass is 10.1. The molecule has 0 aromatic heterocycles. The first-order chi connectivity index (χ1) is 8.19. The maximum Gasteiger partial charge on any atom is 0.192 e. The van der Waals surface area contributed by atoms with Gasteiger partial charge in [0.05, 0.1) is 4.90 Å². The average molecular weight is 281 g/mol. The first kappa shape index (κ1) is 13.0. The fourth-order valence-electron chi connectivity index (χ4n) is 1.74. The largest absolute Gasteiger partial charge is 0.289 e. The van der Waals surface area contributed by atoms with Gasteiger partial charge in [-0.15, -0.1) is 35.3 Å². The van der Waals surface area contributed by atoms with Gasteiger partial charge in [0.15, 0.2) is 5.75 Å². The van der Waals surface area contributed by atoms with Crippen molar-refractivity contribution in [3.63, 3.8) is 0 Å². The standard InChI is InChI=1S/C13H13OS3/c1-15-11-5-9-7-13(17-3)12(16-2)6-8(9)4-10(11)14/h4-7H,1-3H3. The second-order valence-corrected chi connectivity index (χ2v) is 6.10. The van der Waals surface area contributed by atoms with Crippen LogP contribution in [-0.4, -0.2) is 18.8 Å². The molecule has 89 valence electrons. The minimum Gasteiger partial charge on any atom is -0.289 e. The zero-order chi connectivity index (χ0) is 12.4. The molecule has 0 spiro atoms. The van der Waals surface area contributed by atoms with E-state index in [4.69, 9.17) is 0 Å². The maximum atomic E-state index is 11.8. The van der Waals surface area contributed by atoms with Crippen LogP contribution in [0.25, 0.3) is 10.8 Å². The molecule has 0 aliphatic carbocycles. The summed E-state index contributed by atoms with van der Waals surface area (Å²) < 4.78 is 0. The van der Waals surface area contributed by atoms with Gasteiger partial charge in [-0.1, -0.05) is 0 Å². The number of benzene rings is 2. The molecular weight excluding hydrogens is 268 g/mol. The van der Waals surface area contributed by atoms with Crippen molar-refractivity contribution in [3.8, 4) is 5.75 Å². The molecule has 0 amide bonds. The number of hydrogen-bond donors (Lipinski definition) is 0. The summed E-state index contributed by atoms with van der Waals surface area (Å²) >= 11 is 4.98. The molecule has 1 radical (unpaired) electrons. The molecule has 0 atom stereocenters. The van der Waals surface area contributed by atoms with E-state index in [2.05, 4.69) is 24.6 Å². The molecule has 2 aromatic rings. The summed E-state index contributed by atoms with van der Waals surface area (Å²) in [5, 5.41) is 14.0. The summed E-state index contributed by atoms with van der Waals surface area (Å²) in [6, 6.07) is 8.01. The van der Waals surface area contributed by atoms with Gasteiger partial charge in [-0.05, 0) is 53.8 Å². The van der Waals surface area contributed by atoms with Crippen LogP contribution in [-0.2, 0) is 5.11 Å². The number of thioether (sulfide) groups is 3. The summed E-state index contributed by atoms with van der Waals surface area (Å²) in [5.41, 5.74) is 0. The highest BCUT2D eigenvalue weighted by Crippen LogP contribution is 2.37. The second-order valence-electron chi connectivity index (χ2n) is 3.56. The quantitative estimate of drug-likeness (QED) is 0.726. The van der Waals surface area contributed by atoms with Crippen molar-refractivity contribution in [2.45, 2.75) is 14.7 Å². The van der Waals surface area contributed by atoms with Gasteiger partial charge in [0.2, 0.25) is 0 Å². The third kappa shape index (κ3) is 2.54. The van der Waals surface area contributed by atoms with E-state index in [0.717, 1.165) is 15.7 Å². The van der Waals surface area contributed by atoms with E-state index in [1.54, 1.807) is 29.6 Å². The van der Waals surface area contributed by atoms with Crippen LogP contribution in [0.4, 0.5) is 0 Å². The number of hydrogen-bond acceptors (Lipinski definition) is 3. The Labute approximate surface area is 114 Å². The van der Waals surface area contributed by atoms with Gasteiger partial charge < -0.3 is 0 Å². The fraction of sp³-hybridized carbons (Fsp3) is 0.231. The minimum atomic E-state index is 0.119.